The number of ether oxygens (including phenoxy) is 1. The summed E-state index contributed by atoms with van der Waals surface area (Å²) in [5, 5.41) is 0. The van der Waals surface area contributed by atoms with Gasteiger partial charge in [0.2, 0.25) is 0 Å². The summed E-state index contributed by atoms with van der Waals surface area (Å²) in [6, 6.07) is 9.14. The van der Waals surface area contributed by atoms with E-state index in [1.165, 1.54) is 17.8 Å². The third kappa shape index (κ3) is 4.04. The van der Waals surface area contributed by atoms with Crippen LogP contribution in [0.5, 0.6) is 0 Å². The Labute approximate surface area is 134 Å². The first-order valence-electron chi connectivity index (χ1n) is 6.49. The standard InChI is InChI=1S/C16H12F4O2S/c1-23-14-8-3-2-5-10(14)15(21)22-9-11-12(16(18,19)20)6-4-7-13(11)17/h2-8H,9H2,1H3. The summed E-state index contributed by atoms with van der Waals surface area (Å²) in [5.41, 5.74) is -1.61. The highest BCUT2D eigenvalue weighted by Crippen LogP contribution is 2.33. The van der Waals surface area contributed by atoms with Crippen LogP contribution in [0.3, 0.4) is 0 Å². The molecule has 0 bridgehead atoms. The molecule has 0 radical (unpaired) electrons. The molecule has 0 aliphatic heterocycles. The number of carbonyl (C=O) groups is 1. The smallest absolute Gasteiger partial charge is 0.416 e. The zero-order valence-corrected chi connectivity index (χ0v) is 12.8. The second kappa shape index (κ2) is 7.04. The van der Waals surface area contributed by atoms with Crippen LogP contribution in [0.25, 0.3) is 0 Å². The molecule has 2 rings (SSSR count). The van der Waals surface area contributed by atoms with Gasteiger partial charge in [0, 0.05) is 10.5 Å². The summed E-state index contributed by atoms with van der Waals surface area (Å²) < 4.78 is 57.2. The second-order valence-corrected chi connectivity index (χ2v) is 5.39. The lowest BCUT2D eigenvalue weighted by Crippen LogP contribution is -2.14. The van der Waals surface area contributed by atoms with Crippen molar-refractivity contribution in [3.05, 3.63) is 65.0 Å². The zero-order chi connectivity index (χ0) is 17.0. The van der Waals surface area contributed by atoms with Crippen LogP contribution in [-0.2, 0) is 17.5 Å². The number of halogens is 4. The molecule has 23 heavy (non-hydrogen) atoms. The molecular weight excluding hydrogens is 332 g/mol. The van der Waals surface area contributed by atoms with Crippen molar-refractivity contribution in [2.75, 3.05) is 6.26 Å². The summed E-state index contributed by atoms with van der Waals surface area (Å²) in [6.45, 7) is -0.789. The highest BCUT2D eigenvalue weighted by Gasteiger charge is 2.34. The van der Waals surface area contributed by atoms with Crippen LogP contribution in [-0.4, -0.2) is 12.2 Å². The molecule has 0 saturated carbocycles. The summed E-state index contributed by atoms with van der Waals surface area (Å²) in [6.07, 6.45) is -2.97. The van der Waals surface area contributed by atoms with Gasteiger partial charge in [-0.3, -0.25) is 0 Å². The Morgan fingerprint density at radius 3 is 2.48 bits per heavy atom. The monoisotopic (exact) mass is 344 g/mol. The fourth-order valence-electron chi connectivity index (χ4n) is 2.00. The van der Waals surface area contributed by atoms with Crippen molar-refractivity contribution in [1.29, 1.82) is 0 Å². The first-order valence-corrected chi connectivity index (χ1v) is 7.71. The molecular formula is C16H12F4O2S. The Balaban J connectivity index is 2.23. The number of hydrogen-bond acceptors (Lipinski definition) is 3. The number of esters is 1. The van der Waals surface area contributed by atoms with E-state index in [0.29, 0.717) is 4.90 Å². The lowest BCUT2D eigenvalue weighted by molar-refractivity contribution is -0.139. The molecule has 0 amide bonds. The van der Waals surface area contributed by atoms with Crippen molar-refractivity contribution in [2.45, 2.75) is 17.7 Å². The van der Waals surface area contributed by atoms with E-state index < -0.39 is 35.7 Å². The van der Waals surface area contributed by atoms with Gasteiger partial charge in [-0.1, -0.05) is 18.2 Å². The molecule has 0 fully saturated rings. The topological polar surface area (TPSA) is 26.3 Å². The van der Waals surface area contributed by atoms with Gasteiger partial charge < -0.3 is 4.74 Å². The Hall–Kier alpha value is -2.02. The molecule has 0 unspecified atom stereocenters. The van der Waals surface area contributed by atoms with Gasteiger partial charge in [-0.2, -0.15) is 13.2 Å². The molecule has 2 aromatic carbocycles. The lowest BCUT2D eigenvalue weighted by atomic mass is 10.1. The molecule has 0 N–H and O–H groups in total. The largest absolute Gasteiger partial charge is 0.457 e. The molecule has 0 aliphatic rings. The van der Waals surface area contributed by atoms with Crippen LogP contribution in [0, 0.1) is 5.82 Å². The maximum absolute atomic E-state index is 13.7. The van der Waals surface area contributed by atoms with E-state index in [1.807, 2.05) is 0 Å². The summed E-state index contributed by atoms with van der Waals surface area (Å²) >= 11 is 1.30. The second-order valence-electron chi connectivity index (χ2n) is 4.54. The third-order valence-corrected chi connectivity index (χ3v) is 3.89. The van der Waals surface area contributed by atoms with E-state index in [2.05, 4.69) is 0 Å². The fraction of sp³-hybridized carbons (Fsp3) is 0.188. The van der Waals surface area contributed by atoms with Gasteiger partial charge in [-0.15, -0.1) is 11.8 Å². The van der Waals surface area contributed by atoms with E-state index in [1.54, 1.807) is 24.5 Å². The predicted octanol–water partition coefficient (Wildman–Crippen LogP) is 4.92. The van der Waals surface area contributed by atoms with E-state index in [4.69, 9.17) is 4.74 Å². The lowest BCUT2D eigenvalue weighted by Gasteiger charge is -2.14. The highest BCUT2D eigenvalue weighted by atomic mass is 32.2. The number of benzene rings is 2. The van der Waals surface area contributed by atoms with Gasteiger partial charge in [-0.25, -0.2) is 9.18 Å². The Kier molecular flexibility index (Phi) is 5.30. The maximum atomic E-state index is 13.7. The van der Waals surface area contributed by atoms with E-state index in [9.17, 15) is 22.4 Å². The van der Waals surface area contributed by atoms with Crippen LogP contribution in [0.1, 0.15) is 21.5 Å². The quantitative estimate of drug-likeness (QED) is 0.447. The Morgan fingerprint density at radius 1 is 1.13 bits per heavy atom. The van der Waals surface area contributed by atoms with Crippen LogP contribution < -0.4 is 0 Å². The molecule has 0 aromatic heterocycles. The Bertz CT molecular complexity index is 713. The van der Waals surface area contributed by atoms with Crippen LogP contribution >= 0.6 is 11.8 Å². The average molecular weight is 344 g/mol. The molecule has 0 heterocycles. The number of alkyl halides is 3. The van der Waals surface area contributed by atoms with E-state index in [-0.39, 0.29) is 5.56 Å². The molecule has 0 saturated heterocycles. The first kappa shape index (κ1) is 17.3. The number of carbonyl (C=O) groups excluding carboxylic acids is 1. The summed E-state index contributed by atoms with van der Waals surface area (Å²) in [4.78, 5) is 12.7. The van der Waals surface area contributed by atoms with E-state index in [0.717, 1.165) is 18.2 Å². The molecule has 2 aromatic rings. The fourth-order valence-corrected chi connectivity index (χ4v) is 2.59. The summed E-state index contributed by atoms with van der Waals surface area (Å²) in [5.74, 6) is -1.86. The van der Waals surface area contributed by atoms with Crippen LogP contribution in [0.15, 0.2) is 47.4 Å². The molecule has 0 atom stereocenters. The SMILES string of the molecule is CSc1ccccc1C(=O)OCc1c(F)cccc1C(F)(F)F. The zero-order valence-electron chi connectivity index (χ0n) is 12.0. The van der Waals surface area contributed by atoms with Crippen molar-refractivity contribution in [3.63, 3.8) is 0 Å². The molecule has 0 spiro atoms. The van der Waals surface area contributed by atoms with Crippen molar-refractivity contribution in [2.24, 2.45) is 0 Å². The number of rotatable bonds is 4. The molecule has 122 valence electrons. The van der Waals surface area contributed by atoms with E-state index >= 15 is 0 Å². The molecule has 2 nitrogen and oxygen atoms in total. The van der Waals surface area contributed by atoms with Gasteiger partial charge >= 0.3 is 12.1 Å². The highest BCUT2D eigenvalue weighted by molar-refractivity contribution is 7.98. The van der Waals surface area contributed by atoms with Crippen molar-refractivity contribution in [3.8, 4) is 0 Å². The van der Waals surface area contributed by atoms with Gasteiger partial charge in [-0.05, 0) is 30.5 Å². The first-order chi connectivity index (χ1) is 10.8. The average Bonchev–Trinajstić information content (AvgIpc) is 2.52. The van der Waals surface area contributed by atoms with Gasteiger partial charge in [0.25, 0.3) is 0 Å². The van der Waals surface area contributed by atoms with Gasteiger partial charge in [0.05, 0.1) is 11.1 Å². The summed E-state index contributed by atoms with van der Waals surface area (Å²) in [7, 11) is 0. The van der Waals surface area contributed by atoms with Crippen LogP contribution in [0.2, 0.25) is 0 Å². The predicted molar refractivity (Wildman–Crippen MR) is 78.7 cm³/mol. The van der Waals surface area contributed by atoms with Crippen LogP contribution in [0.4, 0.5) is 17.6 Å². The minimum absolute atomic E-state index is 0.227. The molecule has 0 aliphatic carbocycles. The van der Waals surface area contributed by atoms with Crippen molar-refractivity contribution >= 4 is 17.7 Å². The minimum atomic E-state index is -4.72. The van der Waals surface area contributed by atoms with Crippen molar-refractivity contribution < 1.29 is 27.1 Å². The maximum Gasteiger partial charge on any atom is 0.416 e. The third-order valence-electron chi connectivity index (χ3n) is 3.10. The normalized spacial score (nSPS) is 11.3. The minimum Gasteiger partial charge on any atom is -0.457 e. The van der Waals surface area contributed by atoms with Crippen molar-refractivity contribution in [1.82, 2.24) is 0 Å². The molecule has 7 heteroatoms. The van der Waals surface area contributed by atoms with Gasteiger partial charge in [0.15, 0.2) is 0 Å². The Morgan fingerprint density at radius 2 is 1.83 bits per heavy atom. The van der Waals surface area contributed by atoms with Gasteiger partial charge in [0.1, 0.15) is 12.4 Å². The number of thioether (sulfide) groups is 1. The number of hydrogen-bond donors (Lipinski definition) is 0.